The van der Waals surface area contributed by atoms with Gasteiger partial charge in [0.15, 0.2) is 0 Å². The van der Waals surface area contributed by atoms with Gasteiger partial charge in [0, 0.05) is 9.92 Å². The maximum Gasteiger partial charge on any atom is 0.106 e. The molecule has 0 aliphatic rings. The molecule has 0 unspecified atom stereocenters. The predicted octanol–water partition coefficient (Wildman–Crippen LogP) is 3.56. The number of hydrogen-bond acceptors (Lipinski definition) is 5. The van der Waals surface area contributed by atoms with E-state index in [1.807, 2.05) is 55.3 Å². The average Bonchev–Trinajstić information content (AvgIpc) is 2.49. The SMILES string of the molecule is C=O.NSc1ccc(NNc2ccc(Cl)cc2)cc1. The third-order valence-electron chi connectivity index (χ3n) is 2.19. The smallest absolute Gasteiger partial charge is 0.106 e. The highest BCUT2D eigenvalue weighted by Crippen LogP contribution is 2.17. The Morgan fingerprint density at radius 2 is 1.32 bits per heavy atom. The molecule has 2 aromatic carbocycles. The lowest BCUT2D eigenvalue weighted by Crippen LogP contribution is -2.08. The Labute approximate surface area is 121 Å². The summed E-state index contributed by atoms with van der Waals surface area (Å²) in [5, 5.41) is 6.17. The van der Waals surface area contributed by atoms with Crippen LogP contribution in [0.2, 0.25) is 5.02 Å². The molecule has 0 saturated heterocycles. The van der Waals surface area contributed by atoms with E-state index in [2.05, 4.69) is 10.9 Å². The van der Waals surface area contributed by atoms with E-state index >= 15 is 0 Å². The van der Waals surface area contributed by atoms with E-state index in [1.165, 1.54) is 11.9 Å². The Hall–Kier alpha value is -1.69. The van der Waals surface area contributed by atoms with Crippen molar-refractivity contribution >= 4 is 41.7 Å². The van der Waals surface area contributed by atoms with Gasteiger partial charge in [0.25, 0.3) is 0 Å². The van der Waals surface area contributed by atoms with Crippen LogP contribution in [0, 0.1) is 0 Å². The van der Waals surface area contributed by atoms with Gasteiger partial charge in [0.2, 0.25) is 0 Å². The minimum atomic E-state index is 0.722. The first-order valence-corrected chi connectivity index (χ1v) is 6.57. The molecule has 0 amide bonds. The zero-order chi connectivity index (χ0) is 14.1. The van der Waals surface area contributed by atoms with Crippen LogP contribution in [0.3, 0.4) is 0 Å². The number of rotatable bonds is 4. The Balaban J connectivity index is 0.000000861. The molecule has 100 valence electrons. The van der Waals surface area contributed by atoms with Gasteiger partial charge < -0.3 is 15.6 Å². The Morgan fingerprint density at radius 1 is 0.895 bits per heavy atom. The van der Waals surface area contributed by atoms with E-state index in [0.717, 1.165) is 21.3 Å². The van der Waals surface area contributed by atoms with Crippen molar-refractivity contribution in [2.75, 3.05) is 10.9 Å². The standard InChI is InChI=1S/C12H12ClN3S.CH2O/c13-9-1-3-10(4-2-9)15-16-11-5-7-12(17-14)8-6-11;1-2/h1-8,15-16H,14H2;1H2. The molecule has 0 bridgehead atoms. The van der Waals surface area contributed by atoms with Gasteiger partial charge in [-0.2, -0.15) is 0 Å². The Morgan fingerprint density at radius 3 is 1.74 bits per heavy atom. The summed E-state index contributed by atoms with van der Waals surface area (Å²) < 4.78 is 0. The zero-order valence-corrected chi connectivity index (χ0v) is 11.7. The van der Waals surface area contributed by atoms with E-state index in [4.69, 9.17) is 21.5 Å². The van der Waals surface area contributed by atoms with Gasteiger partial charge >= 0.3 is 0 Å². The van der Waals surface area contributed by atoms with Crippen LogP contribution < -0.4 is 16.0 Å². The van der Waals surface area contributed by atoms with E-state index < -0.39 is 0 Å². The quantitative estimate of drug-likeness (QED) is 0.594. The topological polar surface area (TPSA) is 67.2 Å². The fraction of sp³-hybridized carbons (Fsp3) is 0. The fourth-order valence-electron chi connectivity index (χ4n) is 1.29. The summed E-state index contributed by atoms with van der Waals surface area (Å²) in [5.74, 6) is 0. The van der Waals surface area contributed by atoms with Crippen LogP contribution in [0.1, 0.15) is 0 Å². The number of hydrazine groups is 1. The molecule has 4 N–H and O–H groups in total. The highest BCUT2D eigenvalue weighted by molar-refractivity contribution is 7.97. The fourth-order valence-corrected chi connectivity index (χ4v) is 1.71. The van der Waals surface area contributed by atoms with Crippen molar-refractivity contribution in [3.05, 3.63) is 53.6 Å². The first-order valence-electron chi connectivity index (χ1n) is 5.31. The zero-order valence-electron chi connectivity index (χ0n) is 10.1. The number of carbonyl (C=O) groups excluding carboxylic acids is 1. The van der Waals surface area contributed by atoms with Crippen molar-refractivity contribution in [3.8, 4) is 0 Å². The molecule has 0 aliphatic heterocycles. The molecule has 0 saturated carbocycles. The van der Waals surface area contributed by atoms with Crippen molar-refractivity contribution in [1.82, 2.24) is 0 Å². The van der Waals surface area contributed by atoms with Gasteiger partial charge in [-0.1, -0.05) is 11.6 Å². The summed E-state index contributed by atoms with van der Waals surface area (Å²) in [6, 6.07) is 15.3. The number of halogens is 1. The number of nitrogens with one attached hydrogen (secondary N) is 2. The third kappa shape index (κ3) is 5.21. The lowest BCUT2D eigenvalue weighted by atomic mass is 10.3. The van der Waals surface area contributed by atoms with Crippen molar-refractivity contribution in [2.45, 2.75) is 4.90 Å². The normalized spacial score (nSPS) is 9.16. The molecule has 0 aliphatic carbocycles. The van der Waals surface area contributed by atoms with Crippen LogP contribution in [0.5, 0.6) is 0 Å². The van der Waals surface area contributed by atoms with E-state index in [9.17, 15) is 0 Å². The minimum Gasteiger partial charge on any atom is -0.307 e. The van der Waals surface area contributed by atoms with Crippen molar-refractivity contribution < 1.29 is 4.79 Å². The highest BCUT2D eigenvalue weighted by atomic mass is 35.5. The Kier molecular flexibility index (Phi) is 6.81. The van der Waals surface area contributed by atoms with E-state index in [1.54, 1.807) is 0 Å². The molecule has 19 heavy (non-hydrogen) atoms. The summed E-state index contributed by atoms with van der Waals surface area (Å²) >= 11 is 7.03. The van der Waals surface area contributed by atoms with Crippen molar-refractivity contribution in [1.29, 1.82) is 0 Å². The summed E-state index contributed by atoms with van der Waals surface area (Å²) in [5.41, 5.74) is 8.09. The van der Waals surface area contributed by atoms with Crippen molar-refractivity contribution in [2.24, 2.45) is 5.14 Å². The molecular formula is C13H14ClN3OS. The van der Waals surface area contributed by atoms with Gasteiger partial charge in [-0.05, 0) is 60.5 Å². The van der Waals surface area contributed by atoms with E-state index in [-0.39, 0.29) is 0 Å². The van der Waals surface area contributed by atoms with Crippen LogP contribution in [-0.4, -0.2) is 6.79 Å². The number of carbonyl (C=O) groups is 1. The highest BCUT2D eigenvalue weighted by Gasteiger charge is 1.94. The summed E-state index contributed by atoms with van der Waals surface area (Å²) in [6.45, 7) is 2.00. The third-order valence-corrected chi connectivity index (χ3v) is 2.98. The molecule has 0 aromatic heterocycles. The van der Waals surface area contributed by atoms with E-state index in [0.29, 0.717) is 0 Å². The summed E-state index contributed by atoms with van der Waals surface area (Å²) in [4.78, 5) is 9.03. The van der Waals surface area contributed by atoms with Gasteiger partial charge in [-0.15, -0.1) is 0 Å². The molecule has 0 fully saturated rings. The molecule has 6 heteroatoms. The largest absolute Gasteiger partial charge is 0.307 e. The number of benzene rings is 2. The summed E-state index contributed by atoms with van der Waals surface area (Å²) in [7, 11) is 0. The molecular weight excluding hydrogens is 282 g/mol. The molecule has 2 aromatic rings. The molecule has 0 heterocycles. The predicted molar refractivity (Wildman–Crippen MR) is 82.3 cm³/mol. The minimum absolute atomic E-state index is 0.722. The molecule has 4 nitrogen and oxygen atoms in total. The van der Waals surface area contributed by atoms with Gasteiger partial charge in [-0.3, -0.25) is 5.14 Å². The maximum atomic E-state index is 8.00. The van der Waals surface area contributed by atoms with Gasteiger partial charge in [0.05, 0.1) is 11.4 Å². The monoisotopic (exact) mass is 295 g/mol. The average molecular weight is 296 g/mol. The van der Waals surface area contributed by atoms with Crippen LogP contribution in [0.4, 0.5) is 11.4 Å². The maximum absolute atomic E-state index is 8.00. The lowest BCUT2D eigenvalue weighted by molar-refractivity contribution is -0.0979. The lowest BCUT2D eigenvalue weighted by Gasteiger charge is -2.09. The number of anilines is 2. The molecule has 0 radical (unpaired) electrons. The molecule has 0 spiro atoms. The van der Waals surface area contributed by atoms with Crippen LogP contribution in [0.25, 0.3) is 0 Å². The summed E-state index contributed by atoms with van der Waals surface area (Å²) in [6.07, 6.45) is 0. The van der Waals surface area contributed by atoms with Crippen LogP contribution in [-0.2, 0) is 4.79 Å². The second-order valence-electron chi connectivity index (χ2n) is 3.40. The second-order valence-corrected chi connectivity index (χ2v) is 4.54. The van der Waals surface area contributed by atoms with Crippen LogP contribution >= 0.6 is 23.5 Å². The number of hydrogen-bond donors (Lipinski definition) is 3. The van der Waals surface area contributed by atoms with Gasteiger partial charge in [0.1, 0.15) is 6.79 Å². The first-order chi connectivity index (χ1) is 9.28. The van der Waals surface area contributed by atoms with Crippen LogP contribution in [0.15, 0.2) is 53.4 Å². The molecule has 0 atom stereocenters. The molecule has 2 rings (SSSR count). The Bertz CT molecular complexity index is 490. The van der Waals surface area contributed by atoms with Crippen molar-refractivity contribution in [3.63, 3.8) is 0 Å². The number of nitrogens with two attached hydrogens (primary N) is 1. The first kappa shape index (κ1) is 15.4. The van der Waals surface area contributed by atoms with Gasteiger partial charge in [-0.25, -0.2) is 0 Å². The second kappa shape index (κ2) is 8.42.